The Labute approximate surface area is 155 Å². The molecule has 0 bridgehead atoms. The lowest BCUT2D eigenvalue weighted by Crippen LogP contribution is -2.30. The van der Waals surface area contributed by atoms with Gasteiger partial charge in [-0.05, 0) is 47.9 Å². The number of thioether (sulfide) groups is 1. The molecule has 0 heterocycles. The van der Waals surface area contributed by atoms with E-state index in [0.717, 1.165) is 33.9 Å². The highest BCUT2D eigenvalue weighted by atomic mass is 32.2. The number of hydrogen-bond donors (Lipinski definition) is 1. The van der Waals surface area contributed by atoms with E-state index in [-0.39, 0.29) is 11.9 Å². The molecule has 3 nitrogen and oxygen atoms in total. The van der Waals surface area contributed by atoms with Crippen molar-refractivity contribution in [2.45, 2.75) is 38.1 Å². The summed E-state index contributed by atoms with van der Waals surface area (Å²) in [6.45, 7) is 6.44. The van der Waals surface area contributed by atoms with Crippen molar-refractivity contribution in [2.24, 2.45) is 5.92 Å². The molecular weight excluding hydrogens is 330 g/mol. The summed E-state index contributed by atoms with van der Waals surface area (Å²) in [7, 11) is 1.66. The van der Waals surface area contributed by atoms with Crippen LogP contribution in [-0.2, 0) is 0 Å². The summed E-state index contributed by atoms with van der Waals surface area (Å²) in [6, 6.07) is 15.7. The molecular formula is C21H27NO2S. The van der Waals surface area contributed by atoms with Crippen LogP contribution in [0, 0.1) is 5.92 Å². The minimum absolute atomic E-state index is 0.0157. The maximum atomic E-state index is 12.9. The van der Waals surface area contributed by atoms with E-state index in [1.165, 1.54) is 0 Å². The number of nitrogens with one attached hydrogen (secondary N) is 1. The maximum absolute atomic E-state index is 12.9. The van der Waals surface area contributed by atoms with Crippen molar-refractivity contribution in [3.8, 4) is 5.75 Å². The van der Waals surface area contributed by atoms with E-state index in [1.807, 2.05) is 48.5 Å². The highest BCUT2D eigenvalue weighted by Gasteiger charge is 2.19. The number of benzene rings is 2. The van der Waals surface area contributed by atoms with Gasteiger partial charge in [0.25, 0.3) is 5.91 Å². The van der Waals surface area contributed by atoms with Crippen LogP contribution in [0.4, 0.5) is 0 Å². The molecule has 0 aromatic heterocycles. The quantitative estimate of drug-likeness (QED) is 0.649. The molecule has 0 saturated carbocycles. The zero-order chi connectivity index (χ0) is 18.2. The largest absolute Gasteiger partial charge is 0.497 e. The molecule has 0 unspecified atom stereocenters. The first-order chi connectivity index (χ1) is 12.0. The fourth-order valence-electron chi connectivity index (χ4n) is 2.76. The molecule has 0 spiro atoms. The van der Waals surface area contributed by atoms with E-state index >= 15 is 0 Å². The van der Waals surface area contributed by atoms with Crippen molar-refractivity contribution in [1.82, 2.24) is 5.32 Å². The molecule has 0 fully saturated rings. The smallest absolute Gasteiger partial charge is 0.252 e. The van der Waals surface area contributed by atoms with Crippen LogP contribution in [0.3, 0.4) is 0 Å². The average Bonchev–Trinajstić information content (AvgIpc) is 2.61. The standard InChI is InChI=1S/C21H27NO2S/c1-5-25-20-9-7-6-8-18(20)21(23)22-19(14-15(2)3)16-10-12-17(24-4)13-11-16/h6-13,15,19H,5,14H2,1-4H3,(H,22,23)/t19-/m1/s1. The first-order valence-electron chi connectivity index (χ1n) is 8.71. The zero-order valence-corrected chi connectivity index (χ0v) is 16.2. The summed E-state index contributed by atoms with van der Waals surface area (Å²) >= 11 is 1.69. The van der Waals surface area contributed by atoms with Gasteiger partial charge < -0.3 is 10.1 Å². The number of hydrogen-bond acceptors (Lipinski definition) is 3. The second kappa shape index (κ2) is 9.52. The lowest BCUT2D eigenvalue weighted by Gasteiger charge is -2.22. The number of carbonyl (C=O) groups is 1. The second-order valence-corrected chi connectivity index (χ2v) is 7.66. The summed E-state index contributed by atoms with van der Waals surface area (Å²) in [4.78, 5) is 13.9. The van der Waals surface area contributed by atoms with Crippen molar-refractivity contribution < 1.29 is 9.53 Å². The lowest BCUT2D eigenvalue weighted by molar-refractivity contribution is 0.0929. The Kier molecular flexibility index (Phi) is 7.38. The Hall–Kier alpha value is -1.94. The summed E-state index contributed by atoms with van der Waals surface area (Å²) in [6.07, 6.45) is 0.890. The third-order valence-corrected chi connectivity index (χ3v) is 4.92. The fraction of sp³-hybridized carbons (Fsp3) is 0.381. The molecule has 4 heteroatoms. The van der Waals surface area contributed by atoms with Crippen molar-refractivity contribution in [3.05, 3.63) is 59.7 Å². The molecule has 25 heavy (non-hydrogen) atoms. The topological polar surface area (TPSA) is 38.3 Å². The molecule has 0 aliphatic heterocycles. The Morgan fingerprint density at radius 3 is 2.40 bits per heavy atom. The molecule has 2 aromatic carbocycles. The van der Waals surface area contributed by atoms with Gasteiger partial charge >= 0.3 is 0 Å². The normalized spacial score (nSPS) is 12.0. The predicted octanol–water partition coefficient (Wildman–Crippen LogP) is 5.32. The number of rotatable bonds is 8. The Balaban J connectivity index is 2.22. The SMILES string of the molecule is CCSc1ccccc1C(=O)N[C@H](CC(C)C)c1ccc(OC)cc1. The summed E-state index contributed by atoms with van der Waals surface area (Å²) in [5.41, 5.74) is 1.85. The third-order valence-electron chi connectivity index (χ3n) is 3.96. The van der Waals surface area contributed by atoms with E-state index in [0.29, 0.717) is 5.92 Å². The molecule has 0 aliphatic carbocycles. The average molecular weight is 358 g/mol. The van der Waals surface area contributed by atoms with Gasteiger partial charge in [0.1, 0.15) is 5.75 Å². The van der Waals surface area contributed by atoms with Crippen LogP contribution in [0.15, 0.2) is 53.4 Å². The van der Waals surface area contributed by atoms with Gasteiger partial charge in [0.05, 0.1) is 18.7 Å². The number of amides is 1. The Bertz CT molecular complexity index is 683. The Morgan fingerprint density at radius 2 is 1.80 bits per heavy atom. The maximum Gasteiger partial charge on any atom is 0.252 e. The summed E-state index contributed by atoms with van der Waals surface area (Å²) < 4.78 is 5.23. The van der Waals surface area contributed by atoms with Gasteiger partial charge in [-0.25, -0.2) is 0 Å². The van der Waals surface area contributed by atoms with Crippen molar-refractivity contribution in [2.75, 3.05) is 12.9 Å². The molecule has 0 saturated heterocycles. The van der Waals surface area contributed by atoms with Crippen molar-refractivity contribution in [3.63, 3.8) is 0 Å². The van der Waals surface area contributed by atoms with Crippen LogP contribution < -0.4 is 10.1 Å². The summed E-state index contributed by atoms with van der Waals surface area (Å²) in [5.74, 6) is 2.23. The Morgan fingerprint density at radius 1 is 1.12 bits per heavy atom. The molecule has 0 radical (unpaired) electrons. The van der Waals surface area contributed by atoms with E-state index in [1.54, 1.807) is 18.9 Å². The number of ether oxygens (including phenoxy) is 1. The minimum Gasteiger partial charge on any atom is -0.497 e. The molecule has 2 aromatic rings. The number of carbonyl (C=O) groups excluding carboxylic acids is 1. The van der Waals surface area contributed by atoms with Crippen LogP contribution in [0.2, 0.25) is 0 Å². The van der Waals surface area contributed by atoms with E-state index in [4.69, 9.17) is 4.74 Å². The lowest BCUT2D eigenvalue weighted by atomic mass is 9.96. The molecule has 1 atom stereocenters. The van der Waals surface area contributed by atoms with Crippen LogP contribution in [0.25, 0.3) is 0 Å². The molecule has 2 rings (SSSR count). The molecule has 1 amide bonds. The minimum atomic E-state index is -0.0157. The first-order valence-corrected chi connectivity index (χ1v) is 9.70. The van der Waals surface area contributed by atoms with E-state index in [9.17, 15) is 4.79 Å². The van der Waals surface area contributed by atoms with Gasteiger partial charge in [-0.2, -0.15) is 0 Å². The number of methoxy groups -OCH3 is 1. The van der Waals surface area contributed by atoms with Gasteiger partial charge in [-0.15, -0.1) is 11.8 Å². The second-order valence-electron chi connectivity index (χ2n) is 6.36. The van der Waals surface area contributed by atoms with Crippen molar-refractivity contribution >= 4 is 17.7 Å². The molecule has 1 N–H and O–H groups in total. The molecule has 0 aliphatic rings. The summed E-state index contributed by atoms with van der Waals surface area (Å²) in [5, 5.41) is 3.22. The first kappa shape index (κ1) is 19.4. The van der Waals surface area contributed by atoms with E-state index in [2.05, 4.69) is 26.1 Å². The highest BCUT2D eigenvalue weighted by Crippen LogP contribution is 2.26. The van der Waals surface area contributed by atoms with Crippen LogP contribution in [0.1, 0.15) is 49.2 Å². The predicted molar refractivity (Wildman–Crippen MR) is 105 cm³/mol. The van der Waals surface area contributed by atoms with Crippen LogP contribution >= 0.6 is 11.8 Å². The van der Waals surface area contributed by atoms with Crippen LogP contribution in [-0.4, -0.2) is 18.8 Å². The monoisotopic (exact) mass is 357 g/mol. The van der Waals surface area contributed by atoms with Crippen molar-refractivity contribution in [1.29, 1.82) is 0 Å². The van der Waals surface area contributed by atoms with E-state index < -0.39 is 0 Å². The van der Waals surface area contributed by atoms with Gasteiger partial charge in [-0.3, -0.25) is 4.79 Å². The van der Waals surface area contributed by atoms with Gasteiger partial charge in [0, 0.05) is 4.90 Å². The molecule has 134 valence electrons. The van der Waals surface area contributed by atoms with Gasteiger partial charge in [0.15, 0.2) is 0 Å². The van der Waals surface area contributed by atoms with Gasteiger partial charge in [0.2, 0.25) is 0 Å². The highest BCUT2D eigenvalue weighted by molar-refractivity contribution is 7.99. The third kappa shape index (κ3) is 5.53. The zero-order valence-electron chi connectivity index (χ0n) is 15.4. The van der Waals surface area contributed by atoms with Gasteiger partial charge in [-0.1, -0.05) is 45.0 Å². The fourth-order valence-corrected chi connectivity index (χ4v) is 3.56. The van der Waals surface area contributed by atoms with Crippen LogP contribution in [0.5, 0.6) is 5.75 Å².